The third-order valence-electron chi connectivity index (χ3n) is 1.52. The van der Waals surface area contributed by atoms with Gasteiger partial charge < -0.3 is 15.8 Å². The fourth-order valence-electron chi connectivity index (χ4n) is 0.899. The van der Waals surface area contributed by atoms with E-state index in [1.807, 2.05) is 0 Å². The first-order valence-electron chi connectivity index (χ1n) is 4.20. The van der Waals surface area contributed by atoms with E-state index in [9.17, 15) is 4.79 Å². The van der Waals surface area contributed by atoms with Gasteiger partial charge in [-0.15, -0.1) is 0 Å². The quantitative estimate of drug-likeness (QED) is 0.311. The van der Waals surface area contributed by atoms with Crippen molar-refractivity contribution < 1.29 is 4.79 Å². The van der Waals surface area contributed by atoms with Crippen LogP contribution in [-0.2, 0) is 4.79 Å². The van der Waals surface area contributed by atoms with Crippen LogP contribution in [0.1, 0.15) is 32.6 Å². The van der Waals surface area contributed by atoms with Gasteiger partial charge in [0.25, 0.3) is 0 Å². The van der Waals surface area contributed by atoms with Crippen LogP contribution in [0.15, 0.2) is 0 Å². The van der Waals surface area contributed by atoms with Gasteiger partial charge in [-0.3, -0.25) is 5.41 Å². The predicted octanol–water partition coefficient (Wildman–Crippen LogP) is 0.619. The number of ketones is 1. The smallest absolute Gasteiger partial charge is 0.185 e. The van der Waals surface area contributed by atoms with Gasteiger partial charge >= 0.3 is 0 Å². The first-order chi connectivity index (χ1) is 5.63. The molecule has 0 fully saturated rings. The molecule has 0 saturated carbocycles. The largest absolute Gasteiger partial charge is 0.370 e. The Morgan fingerprint density at radius 3 is 2.58 bits per heavy atom. The van der Waals surface area contributed by atoms with Crippen molar-refractivity contribution in [2.24, 2.45) is 5.73 Å². The van der Waals surface area contributed by atoms with Gasteiger partial charge in [0, 0.05) is 13.0 Å². The number of hydrogen-bond acceptors (Lipinski definition) is 2. The first kappa shape index (κ1) is 10.9. The van der Waals surface area contributed by atoms with Crippen molar-refractivity contribution >= 4 is 11.7 Å². The van der Waals surface area contributed by atoms with Crippen molar-refractivity contribution in [2.45, 2.75) is 32.6 Å². The highest BCUT2D eigenvalue weighted by Crippen LogP contribution is 1.98. The van der Waals surface area contributed by atoms with Crippen LogP contribution in [0.3, 0.4) is 0 Å². The van der Waals surface area contributed by atoms with Gasteiger partial charge in [-0.25, -0.2) is 0 Å². The van der Waals surface area contributed by atoms with E-state index in [1.165, 1.54) is 0 Å². The Morgan fingerprint density at radius 1 is 1.42 bits per heavy atom. The summed E-state index contributed by atoms with van der Waals surface area (Å²) in [5.74, 6) is 0.260. The number of unbranched alkanes of at least 4 members (excludes halogenated alkanes) is 2. The Morgan fingerprint density at radius 2 is 2.08 bits per heavy atom. The van der Waals surface area contributed by atoms with E-state index in [1.54, 1.807) is 6.92 Å². The fourth-order valence-corrected chi connectivity index (χ4v) is 0.899. The molecule has 0 aliphatic heterocycles. The van der Waals surface area contributed by atoms with E-state index >= 15 is 0 Å². The molecule has 0 bridgehead atoms. The molecule has 0 aliphatic carbocycles. The molecule has 70 valence electrons. The van der Waals surface area contributed by atoms with Gasteiger partial charge in [0.1, 0.15) is 5.78 Å². The number of rotatable bonds is 6. The van der Waals surface area contributed by atoms with Gasteiger partial charge in [0.15, 0.2) is 5.96 Å². The molecule has 0 aromatic carbocycles. The summed E-state index contributed by atoms with van der Waals surface area (Å²) in [5, 5.41) is 9.57. The van der Waals surface area contributed by atoms with E-state index in [4.69, 9.17) is 11.1 Å². The molecule has 4 N–H and O–H groups in total. The van der Waals surface area contributed by atoms with Gasteiger partial charge in [-0.05, 0) is 19.8 Å². The van der Waals surface area contributed by atoms with E-state index in [2.05, 4.69) is 5.32 Å². The maximum atomic E-state index is 10.5. The molecule has 0 aromatic heterocycles. The Balaban J connectivity index is 3.01. The monoisotopic (exact) mass is 171 g/mol. The molecule has 4 nitrogen and oxygen atoms in total. The van der Waals surface area contributed by atoms with Gasteiger partial charge in [-0.1, -0.05) is 6.42 Å². The van der Waals surface area contributed by atoms with Crippen LogP contribution in [0.5, 0.6) is 0 Å². The lowest BCUT2D eigenvalue weighted by Crippen LogP contribution is -2.30. The number of nitrogens with one attached hydrogen (secondary N) is 2. The summed E-state index contributed by atoms with van der Waals surface area (Å²) >= 11 is 0. The normalized spacial score (nSPS) is 9.42. The van der Waals surface area contributed by atoms with Crippen LogP contribution in [0.4, 0.5) is 0 Å². The zero-order valence-electron chi connectivity index (χ0n) is 7.52. The van der Waals surface area contributed by atoms with Crippen molar-refractivity contribution in [3.8, 4) is 0 Å². The van der Waals surface area contributed by atoms with Crippen LogP contribution < -0.4 is 11.1 Å². The minimum atomic E-state index is 0.0153. The number of Topliss-reactive ketones (excluding diaryl/α,β-unsaturated/α-hetero) is 1. The Bertz CT molecular complexity index is 138. The van der Waals surface area contributed by atoms with E-state index in [-0.39, 0.29) is 11.7 Å². The van der Waals surface area contributed by atoms with Gasteiger partial charge in [-0.2, -0.15) is 0 Å². The molecule has 0 unspecified atom stereocenters. The van der Waals surface area contributed by atoms with Crippen molar-refractivity contribution in [1.29, 1.82) is 5.41 Å². The van der Waals surface area contributed by atoms with Crippen molar-refractivity contribution in [2.75, 3.05) is 6.54 Å². The zero-order chi connectivity index (χ0) is 9.40. The minimum absolute atomic E-state index is 0.0153. The van der Waals surface area contributed by atoms with E-state index < -0.39 is 0 Å². The second-order valence-electron chi connectivity index (χ2n) is 2.85. The number of carbonyl (C=O) groups is 1. The second kappa shape index (κ2) is 6.64. The number of nitrogens with two attached hydrogens (primary N) is 1. The summed E-state index contributed by atoms with van der Waals surface area (Å²) in [6, 6.07) is 0. The average Bonchev–Trinajstić information content (AvgIpc) is 1.95. The van der Waals surface area contributed by atoms with E-state index in [0.717, 1.165) is 25.8 Å². The van der Waals surface area contributed by atoms with Crippen LogP contribution in [0, 0.1) is 5.41 Å². The Kier molecular flexibility index (Phi) is 6.05. The lowest BCUT2D eigenvalue weighted by molar-refractivity contribution is -0.117. The maximum absolute atomic E-state index is 10.5. The molecule has 0 radical (unpaired) electrons. The second-order valence-corrected chi connectivity index (χ2v) is 2.85. The Labute approximate surface area is 73.0 Å². The molecule has 0 spiro atoms. The SMILES string of the molecule is CC(=O)CCCCCNC(=N)N. The summed E-state index contributed by atoms with van der Waals surface area (Å²) in [6.45, 7) is 2.33. The Hall–Kier alpha value is -1.06. The summed E-state index contributed by atoms with van der Waals surface area (Å²) in [7, 11) is 0. The van der Waals surface area contributed by atoms with Crippen LogP contribution in [0.25, 0.3) is 0 Å². The number of carbonyl (C=O) groups excluding carboxylic acids is 1. The molecule has 4 heteroatoms. The van der Waals surface area contributed by atoms with Crippen molar-refractivity contribution in [3.63, 3.8) is 0 Å². The minimum Gasteiger partial charge on any atom is -0.370 e. The highest BCUT2D eigenvalue weighted by molar-refractivity contribution is 5.75. The van der Waals surface area contributed by atoms with Crippen LogP contribution in [-0.4, -0.2) is 18.3 Å². The summed E-state index contributed by atoms with van der Waals surface area (Å²) in [5.41, 5.74) is 5.07. The van der Waals surface area contributed by atoms with Crippen molar-refractivity contribution in [1.82, 2.24) is 5.32 Å². The molecule has 12 heavy (non-hydrogen) atoms. The standard InChI is InChI=1S/C8H17N3O/c1-7(12)5-3-2-4-6-11-8(9)10/h2-6H2,1H3,(H4,9,10,11). The molecule has 0 rings (SSSR count). The number of hydrogen-bond donors (Lipinski definition) is 3. The highest BCUT2D eigenvalue weighted by Gasteiger charge is 1.93. The van der Waals surface area contributed by atoms with Crippen LogP contribution in [0.2, 0.25) is 0 Å². The van der Waals surface area contributed by atoms with Crippen LogP contribution >= 0.6 is 0 Å². The molecule has 0 saturated heterocycles. The fraction of sp³-hybridized carbons (Fsp3) is 0.750. The molecule has 0 atom stereocenters. The number of guanidine groups is 1. The highest BCUT2D eigenvalue weighted by atomic mass is 16.1. The molecule has 0 amide bonds. The third-order valence-corrected chi connectivity index (χ3v) is 1.52. The average molecular weight is 171 g/mol. The lowest BCUT2D eigenvalue weighted by Gasteiger charge is -2.02. The topological polar surface area (TPSA) is 79.0 Å². The van der Waals surface area contributed by atoms with E-state index in [0.29, 0.717) is 6.42 Å². The predicted molar refractivity (Wildman–Crippen MR) is 49.1 cm³/mol. The summed E-state index contributed by atoms with van der Waals surface area (Å²) < 4.78 is 0. The summed E-state index contributed by atoms with van der Waals surface area (Å²) in [6.07, 6.45) is 3.59. The molecule has 0 aliphatic rings. The van der Waals surface area contributed by atoms with Gasteiger partial charge in [0.2, 0.25) is 0 Å². The molecular formula is C8H17N3O. The first-order valence-corrected chi connectivity index (χ1v) is 4.20. The van der Waals surface area contributed by atoms with Gasteiger partial charge in [0.05, 0.1) is 0 Å². The summed E-state index contributed by atoms with van der Waals surface area (Å²) in [4.78, 5) is 10.5. The molecule has 0 aromatic rings. The maximum Gasteiger partial charge on any atom is 0.185 e. The third kappa shape index (κ3) is 8.94. The molecule has 0 heterocycles. The zero-order valence-corrected chi connectivity index (χ0v) is 7.52. The lowest BCUT2D eigenvalue weighted by atomic mass is 10.1. The van der Waals surface area contributed by atoms with Crippen molar-refractivity contribution in [3.05, 3.63) is 0 Å². The molecular weight excluding hydrogens is 154 g/mol.